The smallest absolute Gasteiger partial charge is 0.344 e. The van der Waals surface area contributed by atoms with Crippen LogP contribution in [-0.2, 0) is 9.53 Å². The molecule has 3 aromatic rings. The maximum atomic E-state index is 12.4. The Kier molecular flexibility index (Phi) is 7.15. The van der Waals surface area contributed by atoms with Crippen molar-refractivity contribution in [1.29, 1.82) is 0 Å². The Morgan fingerprint density at radius 3 is 1.32 bits per heavy atom. The molecular weight excluding hydrogens is 442 g/mol. The SMILES string of the molecule is COC(=O)C[P+](c1ccccc1)(c1ccccc1)c1ccccc1.[I-]. The molecule has 0 radical (unpaired) electrons. The van der Waals surface area contributed by atoms with E-state index in [-0.39, 0.29) is 29.9 Å². The van der Waals surface area contributed by atoms with E-state index in [2.05, 4.69) is 36.4 Å². The van der Waals surface area contributed by atoms with Gasteiger partial charge in [-0.15, -0.1) is 0 Å². The second kappa shape index (κ2) is 9.12. The van der Waals surface area contributed by atoms with Crippen LogP contribution in [0.1, 0.15) is 0 Å². The van der Waals surface area contributed by atoms with Crippen LogP contribution < -0.4 is 39.9 Å². The van der Waals surface area contributed by atoms with E-state index in [9.17, 15) is 4.79 Å². The summed E-state index contributed by atoms with van der Waals surface area (Å²) in [6.45, 7) is 0. The van der Waals surface area contributed by atoms with Crippen LogP contribution >= 0.6 is 7.26 Å². The second-order valence-corrected chi connectivity index (χ2v) is 9.04. The van der Waals surface area contributed by atoms with Gasteiger partial charge < -0.3 is 28.7 Å². The van der Waals surface area contributed by atoms with E-state index in [1.165, 1.54) is 23.0 Å². The molecule has 0 aromatic heterocycles. The van der Waals surface area contributed by atoms with E-state index in [1.54, 1.807) is 0 Å². The lowest BCUT2D eigenvalue weighted by molar-refractivity contribution is -0.137. The zero-order chi connectivity index (χ0) is 16.8. The fraction of sp³-hybridized carbons (Fsp3) is 0.0952. The van der Waals surface area contributed by atoms with Gasteiger partial charge in [0, 0.05) is 0 Å². The molecule has 3 aromatic carbocycles. The highest BCUT2D eigenvalue weighted by Crippen LogP contribution is 2.55. The van der Waals surface area contributed by atoms with Crippen LogP contribution in [0.3, 0.4) is 0 Å². The molecule has 0 N–H and O–H groups in total. The molecular formula is C21H20IO2P. The van der Waals surface area contributed by atoms with Crippen molar-refractivity contribution in [1.82, 2.24) is 0 Å². The molecule has 2 nitrogen and oxygen atoms in total. The van der Waals surface area contributed by atoms with Crippen LogP contribution in [0.2, 0.25) is 0 Å². The van der Waals surface area contributed by atoms with Crippen molar-refractivity contribution in [2.24, 2.45) is 0 Å². The van der Waals surface area contributed by atoms with Crippen molar-refractivity contribution in [2.75, 3.05) is 13.3 Å². The summed E-state index contributed by atoms with van der Waals surface area (Å²) >= 11 is 0. The van der Waals surface area contributed by atoms with E-state index in [4.69, 9.17) is 4.74 Å². The van der Waals surface area contributed by atoms with Gasteiger partial charge in [0.15, 0.2) is 6.16 Å². The lowest BCUT2D eigenvalue weighted by atomic mass is 10.4. The fourth-order valence-electron chi connectivity index (χ4n) is 3.03. The van der Waals surface area contributed by atoms with Gasteiger partial charge in [-0.2, -0.15) is 0 Å². The first-order valence-corrected chi connectivity index (χ1v) is 9.86. The maximum Gasteiger partial charge on any atom is 0.344 e. The van der Waals surface area contributed by atoms with Crippen molar-refractivity contribution >= 4 is 29.1 Å². The number of carbonyl (C=O) groups excluding carboxylic acids is 1. The Bertz CT molecular complexity index is 695. The van der Waals surface area contributed by atoms with Crippen LogP contribution in [0, 0.1) is 0 Å². The van der Waals surface area contributed by atoms with Gasteiger partial charge in [0.05, 0.1) is 7.11 Å². The minimum Gasteiger partial charge on any atom is -1.00 e. The normalized spacial score (nSPS) is 10.6. The third-order valence-electron chi connectivity index (χ3n) is 4.18. The highest BCUT2D eigenvalue weighted by molar-refractivity contribution is 7.96. The number of ether oxygens (including phenoxy) is 1. The summed E-state index contributed by atoms with van der Waals surface area (Å²) in [5, 5.41) is 3.56. The molecule has 4 heteroatoms. The van der Waals surface area contributed by atoms with Crippen LogP contribution in [0.25, 0.3) is 0 Å². The second-order valence-electron chi connectivity index (χ2n) is 5.55. The number of benzene rings is 3. The number of rotatable bonds is 5. The third-order valence-corrected chi connectivity index (χ3v) is 8.46. The summed E-state index contributed by atoms with van der Waals surface area (Å²) in [7, 11) is -0.644. The quantitative estimate of drug-likeness (QED) is 0.307. The zero-order valence-corrected chi connectivity index (χ0v) is 17.1. The van der Waals surface area contributed by atoms with Crippen molar-refractivity contribution in [3.63, 3.8) is 0 Å². The summed E-state index contributed by atoms with van der Waals surface area (Å²) in [6.07, 6.45) is 0.363. The zero-order valence-electron chi connectivity index (χ0n) is 14.0. The minimum absolute atomic E-state index is 0. The molecule has 128 valence electrons. The van der Waals surface area contributed by atoms with Gasteiger partial charge in [-0.3, -0.25) is 0 Å². The van der Waals surface area contributed by atoms with Gasteiger partial charge in [0.1, 0.15) is 23.2 Å². The topological polar surface area (TPSA) is 26.3 Å². The van der Waals surface area contributed by atoms with Gasteiger partial charge in [-0.1, -0.05) is 54.6 Å². The Morgan fingerprint density at radius 2 is 1.04 bits per heavy atom. The molecule has 0 aliphatic carbocycles. The molecule has 0 saturated carbocycles. The highest BCUT2D eigenvalue weighted by atomic mass is 127. The largest absolute Gasteiger partial charge is 1.00 e. The van der Waals surface area contributed by atoms with Crippen LogP contribution in [0.5, 0.6) is 0 Å². The highest BCUT2D eigenvalue weighted by Gasteiger charge is 2.47. The monoisotopic (exact) mass is 462 g/mol. The number of hydrogen-bond acceptors (Lipinski definition) is 2. The molecule has 0 saturated heterocycles. The number of carbonyl (C=O) groups is 1. The lowest BCUT2D eigenvalue weighted by Crippen LogP contribution is -3.00. The van der Waals surface area contributed by atoms with E-state index in [0.717, 1.165) is 0 Å². The van der Waals surface area contributed by atoms with Gasteiger partial charge >= 0.3 is 5.97 Å². The molecule has 0 fully saturated rings. The average Bonchev–Trinajstić information content (AvgIpc) is 2.68. The van der Waals surface area contributed by atoms with Crippen LogP contribution in [0.4, 0.5) is 0 Å². The molecule has 3 rings (SSSR count). The predicted molar refractivity (Wildman–Crippen MR) is 102 cm³/mol. The molecule has 0 heterocycles. The molecule has 25 heavy (non-hydrogen) atoms. The third kappa shape index (κ3) is 4.10. The van der Waals surface area contributed by atoms with Crippen molar-refractivity contribution in [3.05, 3.63) is 91.0 Å². The lowest BCUT2D eigenvalue weighted by Gasteiger charge is -2.26. The molecule has 0 atom stereocenters. The summed E-state index contributed by atoms with van der Waals surface area (Å²) in [5.41, 5.74) is 0. The molecule has 0 spiro atoms. The standard InChI is InChI=1S/C21H20O2P.HI/c1-23-21(22)17-24(18-11-5-2-6-12-18,19-13-7-3-8-14-19)20-15-9-4-10-16-20;/h2-16H,17H2,1H3;1H/q+1;/p-1. The average molecular weight is 462 g/mol. The molecule has 0 unspecified atom stereocenters. The fourth-order valence-corrected chi connectivity index (χ4v) is 7.03. The van der Waals surface area contributed by atoms with E-state index >= 15 is 0 Å². The Labute approximate surface area is 166 Å². The van der Waals surface area contributed by atoms with Gasteiger partial charge in [-0.05, 0) is 36.4 Å². The Morgan fingerprint density at radius 1 is 0.720 bits per heavy atom. The van der Waals surface area contributed by atoms with Crippen LogP contribution in [-0.4, -0.2) is 19.2 Å². The summed E-state index contributed by atoms with van der Waals surface area (Å²) in [6, 6.07) is 31.0. The Balaban J connectivity index is 0.00000225. The van der Waals surface area contributed by atoms with Gasteiger partial charge in [-0.25, -0.2) is 4.79 Å². The molecule has 0 bridgehead atoms. The maximum absolute atomic E-state index is 12.4. The van der Waals surface area contributed by atoms with Crippen molar-refractivity contribution < 1.29 is 33.5 Å². The van der Waals surface area contributed by atoms with Gasteiger partial charge in [0.2, 0.25) is 0 Å². The predicted octanol–water partition coefficient (Wildman–Crippen LogP) is 0.158. The minimum atomic E-state index is -2.10. The Hall–Kier alpha value is -1.71. The number of halogens is 1. The number of esters is 1. The summed E-state index contributed by atoms with van der Waals surface area (Å²) in [5.74, 6) is -0.181. The van der Waals surface area contributed by atoms with Crippen LogP contribution in [0.15, 0.2) is 91.0 Å². The first kappa shape index (κ1) is 19.6. The number of methoxy groups -OCH3 is 1. The summed E-state index contributed by atoms with van der Waals surface area (Å²) in [4.78, 5) is 12.4. The van der Waals surface area contributed by atoms with Crippen molar-refractivity contribution in [3.8, 4) is 0 Å². The molecule has 0 aliphatic rings. The van der Waals surface area contributed by atoms with E-state index in [0.29, 0.717) is 6.16 Å². The first-order valence-electron chi connectivity index (χ1n) is 7.89. The van der Waals surface area contributed by atoms with E-state index in [1.807, 2.05) is 54.6 Å². The number of hydrogen-bond donors (Lipinski definition) is 0. The van der Waals surface area contributed by atoms with Crippen molar-refractivity contribution in [2.45, 2.75) is 0 Å². The first-order chi connectivity index (χ1) is 11.8. The molecule has 0 amide bonds. The summed E-state index contributed by atoms with van der Waals surface area (Å²) < 4.78 is 5.06. The van der Waals surface area contributed by atoms with Gasteiger partial charge in [0.25, 0.3) is 0 Å². The molecule has 0 aliphatic heterocycles. The van der Waals surface area contributed by atoms with E-state index < -0.39 is 7.26 Å².